The number of nitrogens with zero attached hydrogens (tertiary/aromatic N) is 3. The lowest BCUT2D eigenvalue weighted by atomic mass is 9.84. The Morgan fingerprint density at radius 2 is 1.92 bits per heavy atom. The van der Waals surface area contributed by atoms with Crippen molar-refractivity contribution in [3.8, 4) is 0 Å². The summed E-state index contributed by atoms with van der Waals surface area (Å²) in [7, 11) is 2.03. The maximum Gasteiger partial charge on any atom is 0.140 e. The molecule has 0 N–H and O–H groups in total. The normalized spacial score (nSPS) is 15.0. The van der Waals surface area contributed by atoms with E-state index in [0.717, 1.165) is 58.0 Å². The summed E-state index contributed by atoms with van der Waals surface area (Å²) in [6.45, 7) is 23.0. The van der Waals surface area contributed by atoms with Gasteiger partial charge in [0.2, 0.25) is 0 Å². The van der Waals surface area contributed by atoms with Crippen LogP contribution in [0.25, 0.3) is 5.70 Å². The van der Waals surface area contributed by atoms with Crippen LogP contribution >= 0.6 is 0 Å². The Labute approximate surface area is 217 Å². The van der Waals surface area contributed by atoms with E-state index in [1.54, 1.807) is 0 Å². The average molecular weight is 478 g/mol. The maximum absolute atomic E-state index is 5.20. The molecular weight excluding hydrogens is 438 g/mol. The van der Waals surface area contributed by atoms with Gasteiger partial charge in [0.15, 0.2) is 0 Å². The fourth-order valence-corrected chi connectivity index (χ4v) is 4.65. The van der Waals surface area contributed by atoms with Crippen molar-refractivity contribution in [2.45, 2.75) is 53.4 Å². The Kier molecular flexibility index (Phi) is 8.85. The van der Waals surface area contributed by atoms with Crippen LogP contribution in [-0.4, -0.2) is 22.8 Å². The van der Waals surface area contributed by atoms with Crippen molar-refractivity contribution >= 4 is 17.2 Å². The van der Waals surface area contributed by atoms with E-state index in [9.17, 15) is 0 Å². The van der Waals surface area contributed by atoms with Gasteiger partial charge in [0.1, 0.15) is 5.84 Å². The zero-order chi connectivity index (χ0) is 26.4. The van der Waals surface area contributed by atoms with Gasteiger partial charge in [-0.1, -0.05) is 75.1 Å². The maximum atomic E-state index is 5.20. The van der Waals surface area contributed by atoms with Crippen LogP contribution < -0.4 is 0 Å². The van der Waals surface area contributed by atoms with Crippen molar-refractivity contribution in [3.05, 3.63) is 119 Å². The number of aliphatic imine (C=N–C) groups is 1. The summed E-state index contributed by atoms with van der Waals surface area (Å²) in [5.41, 5.74) is 13.0. The van der Waals surface area contributed by atoms with E-state index in [1.165, 1.54) is 11.1 Å². The Morgan fingerprint density at radius 3 is 2.58 bits per heavy atom. The molecule has 3 nitrogen and oxygen atoms in total. The molecular formula is C33H39N3. The summed E-state index contributed by atoms with van der Waals surface area (Å²) < 4.78 is 0. The standard InChI is InChI=1S/C33H39N3/c1-10-28(15-13-11-12-14-22(2)3)24(5)20-25(6)30-18-23(4)19-31-27(8)36(9)33(35-32(30)31)29-16-17-34-26(7)21-29/h11-13,15-19,21,24-25H,1-2,8,14,20H2,3-7,9H3/b12-11-,15-13-/t24-,25?/m0/s1. The SMILES string of the molecule is C=C=C(/C=C\C=C/CC(=C)C)[C@@H](C)CC(C)c1cc(C)cc2c1N=C(c1ccnc(C)c1)N(C)C2=C. The molecule has 0 bridgehead atoms. The zero-order valence-electron chi connectivity index (χ0n) is 22.7. The molecule has 3 heteroatoms. The van der Waals surface area contributed by atoms with Gasteiger partial charge in [0.25, 0.3) is 0 Å². The third-order valence-electron chi connectivity index (χ3n) is 6.65. The number of aromatic nitrogens is 1. The molecule has 0 saturated heterocycles. The van der Waals surface area contributed by atoms with E-state index >= 15 is 0 Å². The highest BCUT2D eigenvalue weighted by Gasteiger charge is 2.26. The largest absolute Gasteiger partial charge is 0.329 e. The molecule has 0 radical (unpaired) electrons. The number of hydrogen-bond donors (Lipinski definition) is 0. The number of hydrogen-bond acceptors (Lipinski definition) is 3. The molecule has 1 aliphatic heterocycles. The first kappa shape index (κ1) is 26.9. The summed E-state index contributed by atoms with van der Waals surface area (Å²) in [5.74, 6) is 1.50. The van der Waals surface area contributed by atoms with Gasteiger partial charge in [-0.3, -0.25) is 4.98 Å². The highest BCUT2D eigenvalue weighted by Crippen LogP contribution is 2.42. The van der Waals surface area contributed by atoms with Crippen molar-refractivity contribution in [3.63, 3.8) is 0 Å². The molecule has 0 aliphatic carbocycles. The first-order valence-electron chi connectivity index (χ1n) is 12.6. The molecule has 2 heterocycles. The summed E-state index contributed by atoms with van der Waals surface area (Å²) >= 11 is 0. The van der Waals surface area contributed by atoms with Crippen LogP contribution in [0.1, 0.15) is 67.5 Å². The number of pyridine rings is 1. The third-order valence-corrected chi connectivity index (χ3v) is 6.65. The predicted octanol–water partition coefficient (Wildman–Crippen LogP) is 8.61. The van der Waals surface area contributed by atoms with E-state index in [-0.39, 0.29) is 0 Å². The van der Waals surface area contributed by atoms with Crippen LogP contribution in [0.4, 0.5) is 5.69 Å². The monoisotopic (exact) mass is 477 g/mol. The van der Waals surface area contributed by atoms with Crippen LogP contribution in [0.5, 0.6) is 0 Å². The van der Waals surface area contributed by atoms with E-state index < -0.39 is 0 Å². The molecule has 186 valence electrons. The zero-order valence-corrected chi connectivity index (χ0v) is 22.7. The summed E-state index contributed by atoms with van der Waals surface area (Å²) in [6, 6.07) is 8.56. The van der Waals surface area contributed by atoms with Crippen molar-refractivity contribution in [2.24, 2.45) is 10.9 Å². The summed E-state index contributed by atoms with van der Waals surface area (Å²) in [6.07, 6.45) is 12.1. The molecule has 3 rings (SSSR count). The molecule has 0 fully saturated rings. The summed E-state index contributed by atoms with van der Waals surface area (Å²) in [5, 5.41) is 0. The molecule has 36 heavy (non-hydrogen) atoms. The fraction of sp³-hybridized carbons (Fsp3) is 0.303. The summed E-state index contributed by atoms with van der Waals surface area (Å²) in [4.78, 5) is 11.6. The number of allylic oxidation sites excluding steroid dienone is 6. The highest BCUT2D eigenvalue weighted by molar-refractivity contribution is 6.08. The smallest absolute Gasteiger partial charge is 0.140 e. The number of aryl methyl sites for hydroxylation is 2. The van der Waals surface area contributed by atoms with Gasteiger partial charge in [-0.2, -0.15) is 0 Å². The average Bonchev–Trinajstić information content (AvgIpc) is 2.83. The number of rotatable bonds is 9. The number of benzene rings is 1. The molecule has 0 spiro atoms. The lowest BCUT2D eigenvalue weighted by molar-refractivity contribution is 0.553. The van der Waals surface area contributed by atoms with E-state index in [0.29, 0.717) is 11.8 Å². The molecule has 1 unspecified atom stereocenters. The Bertz CT molecular complexity index is 1300. The van der Waals surface area contributed by atoms with E-state index in [4.69, 9.17) is 4.99 Å². The fourth-order valence-electron chi connectivity index (χ4n) is 4.65. The molecule has 0 amide bonds. The number of amidine groups is 1. The minimum atomic E-state index is 0.296. The minimum absolute atomic E-state index is 0.296. The second kappa shape index (κ2) is 11.8. The van der Waals surface area contributed by atoms with Crippen molar-refractivity contribution in [1.29, 1.82) is 0 Å². The van der Waals surface area contributed by atoms with Gasteiger partial charge in [0, 0.05) is 35.8 Å². The van der Waals surface area contributed by atoms with E-state index in [1.807, 2.05) is 33.2 Å². The second-order valence-corrected chi connectivity index (χ2v) is 10.00. The molecule has 1 aromatic carbocycles. The lowest BCUT2D eigenvalue weighted by Gasteiger charge is -2.32. The topological polar surface area (TPSA) is 28.5 Å². The Balaban J connectivity index is 1.93. The van der Waals surface area contributed by atoms with Crippen LogP contribution in [0.3, 0.4) is 0 Å². The second-order valence-electron chi connectivity index (χ2n) is 10.00. The highest BCUT2D eigenvalue weighted by atomic mass is 15.2. The van der Waals surface area contributed by atoms with Crippen molar-refractivity contribution < 1.29 is 0 Å². The molecule has 1 aromatic heterocycles. The third kappa shape index (κ3) is 6.30. The van der Waals surface area contributed by atoms with Gasteiger partial charge in [-0.15, -0.1) is 5.73 Å². The quantitative estimate of drug-likeness (QED) is 0.205. The number of fused-ring (bicyclic) bond motifs is 1. The Morgan fingerprint density at radius 1 is 1.17 bits per heavy atom. The molecule has 1 aliphatic rings. The molecule has 2 atom stereocenters. The predicted molar refractivity (Wildman–Crippen MR) is 156 cm³/mol. The van der Waals surface area contributed by atoms with Crippen molar-refractivity contribution in [1.82, 2.24) is 9.88 Å². The van der Waals surface area contributed by atoms with Gasteiger partial charge < -0.3 is 4.90 Å². The van der Waals surface area contributed by atoms with Gasteiger partial charge in [0.05, 0.1) is 5.69 Å². The minimum Gasteiger partial charge on any atom is -0.329 e. The van der Waals surface area contributed by atoms with Gasteiger partial charge in [-0.25, -0.2) is 4.99 Å². The van der Waals surface area contributed by atoms with Crippen molar-refractivity contribution in [2.75, 3.05) is 7.05 Å². The first-order chi connectivity index (χ1) is 17.1. The van der Waals surface area contributed by atoms with E-state index in [2.05, 4.69) is 98.6 Å². The van der Waals surface area contributed by atoms with Crippen LogP contribution in [0, 0.1) is 19.8 Å². The first-order valence-corrected chi connectivity index (χ1v) is 12.6. The van der Waals surface area contributed by atoms with Crippen LogP contribution in [0.15, 0.2) is 96.4 Å². The van der Waals surface area contributed by atoms with Crippen LogP contribution in [-0.2, 0) is 0 Å². The van der Waals surface area contributed by atoms with Crippen LogP contribution in [0.2, 0.25) is 0 Å². The van der Waals surface area contributed by atoms with Gasteiger partial charge >= 0.3 is 0 Å². The molecule has 2 aromatic rings. The van der Waals surface area contributed by atoms with Gasteiger partial charge in [-0.05, 0) is 74.8 Å². The lowest BCUT2D eigenvalue weighted by Crippen LogP contribution is -2.29. The molecule has 0 saturated carbocycles. The Hall–Kier alpha value is -3.68.